The van der Waals surface area contributed by atoms with Gasteiger partial charge in [-0.25, -0.2) is 4.39 Å². The summed E-state index contributed by atoms with van der Waals surface area (Å²) >= 11 is 6.18. The molecule has 31 heavy (non-hydrogen) atoms. The molecule has 8 heteroatoms. The molecule has 1 aliphatic rings. The number of aryl methyl sites for hydroxylation is 1. The van der Waals surface area contributed by atoms with Gasteiger partial charge in [0.15, 0.2) is 5.82 Å². The van der Waals surface area contributed by atoms with E-state index in [1.54, 1.807) is 19.1 Å². The Kier molecular flexibility index (Phi) is 6.65. The van der Waals surface area contributed by atoms with E-state index in [9.17, 15) is 9.18 Å². The monoisotopic (exact) mass is 442 g/mol. The second-order valence-electron chi connectivity index (χ2n) is 7.67. The van der Waals surface area contributed by atoms with Gasteiger partial charge in [0.2, 0.25) is 5.91 Å². The SMILES string of the molecule is Cc1cc(NC(=O)C(c2ccccc2)N2CCN(Cc3ccc(F)cc3Cl)CC2)no1. The molecule has 0 spiro atoms. The van der Waals surface area contributed by atoms with Crippen molar-refractivity contribution in [3.63, 3.8) is 0 Å². The van der Waals surface area contributed by atoms with Crippen LogP contribution in [0.15, 0.2) is 59.1 Å². The standard InChI is InChI=1S/C23H24ClFN4O2/c1-16-13-21(27-31-16)26-23(30)22(17-5-3-2-4-6-17)29-11-9-28(10-12-29)15-18-7-8-19(25)14-20(18)24/h2-8,13-14,22H,9-12,15H2,1H3,(H,26,27,30). The predicted molar refractivity (Wildman–Crippen MR) is 117 cm³/mol. The molecule has 0 bridgehead atoms. The lowest BCUT2D eigenvalue weighted by atomic mass is 10.0. The Hall–Kier alpha value is -2.74. The number of nitrogens with zero attached hydrogens (tertiary/aromatic N) is 3. The largest absolute Gasteiger partial charge is 0.360 e. The van der Waals surface area contributed by atoms with Crippen LogP contribution in [-0.4, -0.2) is 47.0 Å². The number of anilines is 1. The molecule has 0 aliphatic carbocycles. The van der Waals surface area contributed by atoms with Crippen LogP contribution in [0.3, 0.4) is 0 Å². The minimum Gasteiger partial charge on any atom is -0.360 e. The minimum atomic E-state index is -0.435. The summed E-state index contributed by atoms with van der Waals surface area (Å²) in [6, 6.07) is 15.5. The average molecular weight is 443 g/mol. The van der Waals surface area contributed by atoms with Gasteiger partial charge < -0.3 is 9.84 Å². The fourth-order valence-corrected chi connectivity index (χ4v) is 4.08. The van der Waals surface area contributed by atoms with Gasteiger partial charge in [-0.05, 0) is 30.2 Å². The van der Waals surface area contributed by atoms with E-state index < -0.39 is 6.04 Å². The average Bonchev–Trinajstić information content (AvgIpc) is 3.17. The van der Waals surface area contributed by atoms with Gasteiger partial charge >= 0.3 is 0 Å². The van der Waals surface area contributed by atoms with Crippen LogP contribution in [0, 0.1) is 12.7 Å². The van der Waals surface area contributed by atoms with Crippen LogP contribution in [0.4, 0.5) is 10.2 Å². The van der Waals surface area contributed by atoms with Crippen molar-refractivity contribution in [1.29, 1.82) is 0 Å². The molecule has 4 rings (SSSR count). The van der Waals surface area contributed by atoms with E-state index in [1.807, 2.05) is 30.3 Å². The third-order valence-corrected chi connectivity index (χ3v) is 5.78. The van der Waals surface area contributed by atoms with E-state index in [1.165, 1.54) is 12.1 Å². The fourth-order valence-electron chi connectivity index (χ4n) is 3.85. The molecule has 162 valence electrons. The number of piperazine rings is 1. The van der Waals surface area contributed by atoms with Crippen molar-refractivity contribution in [2.24, 2.45) is 0 Å². The van der Waals surface area contributed by atoms with Crippen molar-refractivity contribution in [3.8, 4) is 0 Å². The molecule has 2 aromatic carbocycles. The normalized spacial score (nSPS) is 16.2. The molecular weight excluding hydrogens is 419 g/mol. The highest BCUT2D eigenvalue weighted by molar-refractivity contribution is 6.31. The lowest BCUT2D eigenvalue weighted by Crippen LogP contribution is -2.49. The van der Waals surface area contributed by atoms with Crippen molar-refractivity contribution < 1.29 is 13.7 Å². The predicted octanol–water partition coefficient (Wildman–Crippen LogP) is 4.27. The molecular formula is C23H24ClFN4O2. The number of carbonyl (C=O) groups excluding carboxylic acids is 1. The highest BCUT2D eigenvalue weighted by atomic mass is 35.5. The van der Waals surface area contributed by atoms with Gasteiger partial charge in [0, 0.05) is 43.8 Å². The number of benzene rings is 2. The van der Waals surface area contributed by atoms with Crippen LogP contribution in [0.2, 0.25) is 5.02 Å². The van der Waals surface area contributed by atoms with Crippen molar-refractivity contribution in [1.82, 2.24) is 15.0 Å². The quantitative estimate of drug-likeness (QED) is 0.617. The van der Waals surface area contributed by atoms with E-state index in [2.05, 4.69) is 20.3 Å². The highest BCUT2D eigenvalue weighted by Gasteiger charge is 2.31. The van der Waals surface area contributed by atoms with Crippen LogP contribution in [-0.2, 0) is 11.3 Å². The summed E-state index contributed by atoms with van der Waals surface area (Å²) in [7, 11) is 0. The van der Waals surface area contributed by atoms with Gasteiger partial charge in [-0.15, -0.1) is 0 Å². The third-order valence-electron chi connectivity index (χ3n) is 5.42. The molecule has 2 heterocycles. The molecule has 0 radical (unpaired) electrons. The number of hydrogen-bond acceptors (Lipinski definition) is 5. The Labute approximate surface area is 185 Å². The number of halogens is 2. The second kappa shape index (κ2) is 9.60. The Morgan fingerprint density at radius 1 is 1.16 bits per heavy atom. The number of rotatable bonds is 6. The van der Waals surface area contributed by atoms with Gasteiger partial charge in [0.25, 0.3) is 0 Å². The first-order chi connectivity index (χ1) is 15.0. The lowest BCUT2D eigenvalue weighted by molar-refractivity contribution is -0.122. The molecule has 1 saturated heterocycles. The summed E-state index contributed by atoms with van der Waals surface area (Å²) in [5.74, 6) is 0.569. The Bertz CT molecular complexity index is 1040. The molecule has 1 fully saturated rings. The van der Waals surface area contributed by atoms with E-state index in [0.29, 0.717) is 36.2 Å². The van der Waals surface area contributed by atoms with Crippen molar-refractivity contribution >= 4 is 23.3 Å². The molecule has 1 unspecified atom stereocenters. The smallest absolute Gasteiger partial charge is 0.247 e. The van der Waals surface area contributed by atoms with E-state index in [-0.39, 0.29) is 11.7 Å². The van der Waals surface area contributed by atoms with Crippen molar-refractivity contribution in [3.05, 3.63) is 82.3 Å². The summed E-state index contributed by atoms with van der Waals surface area (Å²) in [6.45, 7) is 5.39. The Balaban J connectivity index is 1.45. The van der Waals surface area contributed by atoms with Gasteiger partial charge in [0.05, 0.1) is 0 Å². The van der Waals surface area contributed by atoms with Gasteiger partial charge in [-0.2, -0.15) is 0 Å². The fraction of sp³-hybridized carbons (Fsp3) is 0.304. The molecule has 0 saturated carbocycles. The van der Waals surface area contributed by atoms with Crippen LogP contribution in [0.25, 0.3) is 0 Å². The van der Waals surface area contributed by atoms with Crippen molar-refractivity contribution in [2.75, 3.05) is 31.5 Å². The first-order valence-electron chi connectivity index (χ1n) is 10.2. The first-order valence-corrected chi connectivity index (χ1v) is 10.6. The number of hydrogen-bond donors (Lipinski definition) is 1. The van der Waals surface area contributed by atoms with E-state index in [0.717, 1.165) is 24.2 Å². The van der Waals surface area contributed by atoms with Crippen LogP contribution >= 0.6 is 11.6 Å². The summed E-state index contributed by atoms with van der Waals surface area (Å²) in [5, 5.41) is 7.18. The molecule has 1 aromatic heterocycles. The number of nitrogens with one attached hydrogen (secondary N) is 1. The summed E-state index contributed by atoms with van der Waals surface area (Å²) < 4.78 is 18.4. The van der Waals surface area contributed by atoms with Gasteiger partial charge in [-0.1, -0.05) is 53.2 Å². The second-order valence-corrected chi connectivity index (χ2v) is 8.08. The Morgan fingerprint density at radius 3 is 2.55 bits per heavy atom. The van der Waals surface area contributed by atoms with E-state index >= 15 is 0 Å². The maximum absolute atomic E-state index is 13.3. The van der Waals surface area contributed by atoms with Crippen LogP contribution < -0.4 is 5.32 Å². The zero-order valence-electron chi connectivity index (χ0n) is 17.2. The molecule has 1 aliphatic heterocycles. The number of carbonyl (C=O) groups is 1. The number of amides is 1. The Morgan fingerprint density at radius 2 is 1.90 bits per heavy atom. The maximum Gasteiger partial charge on any atom is 0.247 e. The third kappa shape index (κ3) is 5.31. The minimum absolute atomic E-state index is 0.144. The highest BCUT2D eigenvalue weighted by Crippen LogP contribution is 2.26. The lowest BCUT2D eigenvalue weighted by Gasteiger charge is -2.38. The molecule has 1 amide bonds. The zero-order chi connectivity index (χ0) is 21.8. The van der Waals surface area contributed by atoms with Crippen molar-refractivity contribution in [2.45, 2.75) is 19.5 Å². The maximum atomic E-state index is 13.3. The zero-order valence-corrected chi connectivity index (χ0v) is 18.0. The summed E-state index contributed by atoms with van der Waals surface area (Å²) in [5.41, 5.74) is 1.82. The van der Waals surface area contributed by atoms with E-state index in [4.69, 9.17) is 16.1 Å². The van der Waals surface area contributed by atoms with Gasteiger partial charge in [0.1, 0.15) is 17.6 Å². The topological polar surface area (TPSA) is 61.6 Å². The van der Waals surface area contributed by atoms with Crippen LogP contribution in [0.5, 0.6) is 0 Å². The summed E-state index contributed by atoms with van der Waals surface area (Å²) in [6.07, 6.45) is 0. The first kappa shape index (κ1) is 21.5. The molecule has 1 N–H and O–H groups in total. The molecule has 6 nitrogen and oxygen atoms in total. The number of aromatic nitrogens is 1. The van der Waals surface area contributed by atoms with Gasteiger partial charge in [-0.3, -0.25) is 14.6 Å². The summed E-state index contributed by atoms with van der Waals surface area (Å²) in [4.78, 5) is 17.6. The van der Waals surface area contributed by atoms with Crippen LogP contribution in [0.1, 0.15) is 22.9 Å². The molecule has 1 atom stereocenters. The molecule has 3 aromatic rings.